The van der Waals surface area contributed by atoms with Crippen LogP contribution in [0.1, 0.15) is 36.3 Å². The van der Waals surface area contributed by atoms with Crippen LogP contribution in [0.15, 0.2) is 17.8 Å². The Morgan fingerprint density at radius 2 is 2.24 bits per heavy atom. The predicted octanol–water partition coefficient (Wildman–Crippen LogP) is 2.48. The van der Waals surface area contributed by atoms with E-state index in [0.29, 0.717) is 6.42 Å². The average molecular weight is 247 g/mol. The number of aromatic nitrogens is 3. The second-order valence-electron chi connectivity index (χ2n) is 5.21. The molecule has 0 aromatic carbocycles. The molecule has 1 aliphatic rings. The lowest BCUT2D eigenvalue weighted by atomic mass is 9.76. The van der Waals surface area contributed by atoms with Gasteiger partial charge in [-0.2, -0.15) is 0 Å². The molecule has 0 unspecified atom stereocenters. The smallest absolute Gasteiger partial charge is 0.216 e. The highest BCUT2D eigenvalue weighted by Gasteiger charge is 2.33. The van der Waals surface area contributed by atoms with Gasteiger partial charge in [-0.15, -0.1) is 10.2 Å². The number of nitrogens with zero attached hydrogens (tertiary/aromatic N) is 3. The molecule has 2 aromatic heterocycles. The molecule has 0 fully saturated rings. The summed E-state index contributed by atoms with van der Waals surface area (Å²) >= 11 is 1.48. The van der Waals surface area contributed by atoms with Gasteiger partial charge in [-0.05, 0) is 17.9 Å². The van der Waals surface area contributed by atoms with Crippen LogP contribution in [0.5, 0.6) is 0 Å². The molecule has 5 heteroatoms. The van der Waals surface area contributed by atoms with E-state index in [1.807, 2.05) is 16.8 Å². The van der Waals surface area contributed by atoms with Crippen molar-refractivity contribution in [1.82, 2.24) is 14.8 Å². The molecule has 17 heavy (non-hydrogen) atoms. The summed E-state index contributed by atoms with van der Waals surface area (Å²) in [6.07, 6.45) is 3.45. The lowest BCUT2D eigenvalue weighted by Gasteiger charge is -2.29. The zero-order valence-corrected chi connectivity index (χ0v) is 10.6. The summed E-state index contributed by atoms with van der Waals surface area (Å²) in [5.74, 6) is 0.236. The van der Waals surface area contributed by atoms with Crippen LogP contribution in [-0.4, -0.2) is 20.5 Å². The number of hydrogen-bond donors (Lipinski definition) is 0. The maximum atomic E-state index is 12.0. The lowest BCUT2D eigenvalue weighted by molar-refractivity contribution is 0.0911. The predicted molar refractivity (Wildman–Crippen MR) is 65.7 cm³/mol. The van der Waals surface area contributed by atoms with Crippen molar-refractivity contribution in [3.63, 3.8) is 0 Å². The van der Waals surface area contributed by atoms with E-state index in [2.05, 4.69) is 24.0 Å². The summed E-state index contributed by atoms with van der Waals surface area (Å²) < 4.78 is 1.99. The molecule has 4 nitrogen and oxygen atoms in total. The maximum Gasteiger partial charge on any atom is 0.216 e. The first kappa shape index (κ1) is 10.7. The minimum absolute atomic E-state index is 0.0326. The number of fused-ring (bicyclic) bond motifs is 1. The summed E-state index contributed by atoms with van der Waals surface area (Å²) in [6.45, 7) is 4.26. The lowest BCUT2D eigenvalue weighted by Crippen LogP contribution is -2.27. The Morgan fingerprint density at radius 3 is 2.94 bits per heavy atom. The van der Waals surface area contributed by atoms with Gasteiger partial charge in [0.05, 0.1) is 0 Å². The second kappa shape index (κ2) is 3.50. The van der Waals surface area contributed by atoms with Crippen molar-refractivity contribution in [2.45, 2.75) is 26.7 Å². The molecule has 0 N–H and O–H groups in total. The molecule has 0 saturated heterocycles. The second-order valence-corrected chi connectivity index (χ2v) is 6.02. The minimum Gasteiger partial charge on any atom is -0.295 e. The number of rotatable bonds is 1. The van der Waals surface area contributed by atoms with Crippen LogP contribution >= 0.6 is 11.3 Å². The van der Waals surface area contributed by atoms with Crippen molar-refractivity contribution in [2.24, 2.45) is 5.41 Å². The highest BCUT2D eigenvalue weighted by Crippen LogP contribution is 2.36. The molecule has 0 aliphatic heterocycles. The van der Waals surface area contributed by atoms with Crippen LogP contribution in [-0.2, 0) is 6.42 Å². The van der Waals surface area contributed by atoms with Gasteiger partial charge in [0.15, 0.2) is 5.78 Å². The molecule has 0 atom stereocenters. The van der Waals surface area contributed by atoms with Gasteiger partial charge in [-0.3, -0.25) is 9.36 Å². The quantitative estimate of drug-likeness (QED) is 0.777. The SMILES string of the molecule is CC1(C)CC(=O)c2ccn(-c3nncs3)c2C1. The Labute approximate surface area is 103 Å². The molecule has 2 aromatic rings. The third-order valence-corrected chi connectivity index (χ3v) is 3.82. The molecule has 3 rings (SSSR count). The Morgan fingerprint density at radius 1 is 1.41 bits per heavy atom. The zero-order valence-electron chi connectivity index (χ0n) is 9.80. The van der Waals surface area contributed by atoms with Gasteiger partial charge in [0.2, 0.25) is 5.13 Å². The zero-order chi connectivity index (χ0) is 12.0. The first-order chi connectivity index (χ1) is 8.07. The van der Waals surface area contributed by atoms with Gasteiger partial charge in [-0.25, -0.2) is 0 Å². The first-order valence-corrected chi connectivity index (χ1v) is 6.45. The van der Waals surface area contributed by atoms with Crippen molar-refractivity contribution in [3.8, 4) is 5.13 Å². The van der Waals surface area contributed by atoms with Crippen LogP contribution < -0.4 is 0 Å². The Balaban J connectivity index is 2.14. The highest BCUT2D eigenvalue weighted by molar-refractivity contribution is 7.11. The summed E-state index contributed by atoms with van der Waals surface area (Å²) in [7, 11) is 0. The Kier molecular flexibility index (Phi) is 2.19. The van der Waals surface area contributed by atoms with E-state index < -0.39 is 0 Å². The van der Waals surface area contributed by atoms with Crippen molar-refractivity contribution < 1.29 is 4.79 Å². The summed E-state index contributed by atoms with van der Waals surface area (Å²) in [5, 5.41) is 8.74. The molecule has 88 valence electrons. The average Bonchev–Trinajstić information content (AvgIpc) is 2.82. The minimum atomic E-state index is 0.0326. The van der Waals surface area contributed by atoms with Crippen molar-refractivity contribution in [3.05, 3.63) is 29.0 Å². The number of ketones is 1. The first-order valence-electron chi connectivity index (χ1n) is 5.57. The van der Waals surface area contributed by atoms with Crippen LogP contribution in [0.4, 0.5) is 0 Å². The number of Topliss-reactive ketones (excluding diaryl/α,β-unsaturated/α-hetero) is 1. The molecule has 2 heterocycles. The molecule has 1 aliphatic carbocycles. The van der Waals surface area contributed by atoms with Crippen molar-refractivity contribution >= 4 is 17.1 Å². The largest absolute Gasteiger partial charge is 0.295 e. The molecular weight excluding hydrogens is 234 g/mol. The fourth-order valence-electron chi connectivity index (χ4n) is 2.40. The number of carbonyl (C=O) groups is 1. The van der Waals surface area contributed by atoms with Crippen molar-refractivity contribution in [1.29, 1.82) is 0 Å². The summed E-state index contributed by atoms with van der Waals surface area (Å²) in [6, 6.07) is 1.90. The van der Waals surface area contributed by atoms with E-state index in [9.17, 15) is 4.79 Å². The standard InChI is InChI=1S/C12H13N3OS/c1-12(2)5-9-8(10(16)6-12)3-4-15(9)11-14-13-7-17-11/h3-4,7H,5-6H2,1-2H3. The molecule has 0 spiro atoms. The van der Waals surface area contributed by atoms with Crippen LogP contribution in [0.25, 0.3) is 5.13 Å². The van der Waals surface area contributed by atoms with E-state index in [0.717, 1.165) is 22.8 Å². The van der Waals surface area contributed by atoms with E-state index in [-0.39, 0.29) is 11.2 Å². The topological polar surface area (TPSA) is 47.8 Å². The molecular formula is C12H13N3OS. The number of hydrogen-bond acceptors (Lipinski definition) is 4. The van der Waals surface area contributed by atoms with Gasteiger partial charge in [0.1, 0.15) is 5.51 Å². The number of carbonyl (C=O) groups excluding carboxylic acids is 1. The van der Waals surface area contributed by atoms with Gasteiger partial charge in [-0.1, -0.05) is 25.2 Å². The van der Waals surface area contributed by atoms with Gasteiger partial charge in [0, 0.05) is 23.9 Å². The van der Waals surface area contributed by atoms with Crippen LogP contribution in [0.2, 0.25) is 0 Å². The molecule has 0 saturated carbocycles. The summed E-state index contributed by atoms with van der Waals surface area (Å²) in [5.41, 5.74) is 3.66. The van der Waals surface area contributed by atoms with E-state index in [1.165, 1.54) is 11.3 Å². The molecule has 0 radical (unpaired) electrons. The summed E-state index contributed by atoms with van der Waals surface area (Å²) in [4.78, 5) is 12.0. The van der Waals surface area contributed by atoms with Crippen LogP contribution in [0.3, 0.4) is 0 Å². The highest BCUT2D eigenvalue weighted by atomic mass is 32.1. The van der Waals surface area contributed by atoms with E-state index in [1.54, 1.807) is 5.51 Å². The van der Waals surface area contributed by atoms with E-state index >= 15 is 0 Å². The third kappa shape index (κ3) is 1.70. The van der Waals surface area contributed by atoms with Gasteiger partial charge in [0.25, 0.3) is 0 Å². The fourth-order valence-corrected chi connectivity index (χ4v) is 2.96. The Bertz CT molecular complexity index is 569. The van der Waals surface area contributed by atoms with Crippen LogP contribution in [0, 0.1) is 5.41 Å². The van der Waals surface area contributed by atoms with E-state index in [4.69, 9.17) is 0 Å². The Hall–Kier alpha value is -1.49. The third-order valence-electron chi connectivity index (χ3n) is 3.13. The van der Waals surface area contributed by atoms with Crippen molar-refractivity contribution in [2.75, 3.05) is 0 Å². The van der Waals surface area contributed by atoms with Gasteiger partial charge < -0.3 is 0 Å². The maximum absolute atomic E-state index is 12.0. The molecule has 0 amide bonds. The van der Waals surface area contributed by atoms with Gasteiger partial charge >= 0.3 is 0 Å². The fraction of sp³-hybridized carbons (Fsp3) is 0.417. The molecule has 0 bridgehead atoms. The normalized spacial score (nSPS) is 18.1. The monoisotopic (exact) mass is 247 g/mol.